The summed E-state index contributed by atoms with van der Waals surface area (Å²) >= 11 is 1.74. The molecule has 2 unspecified atom stereocenters. The zero-order valence-corrected chi connectivity index (χ0v) is 11.8. The second-order valence-corrected chi connectivity index (χ2v) is 5.11. The molecule has 6 heteroatoms. The van der Waals surface area contributed by atoms with Gasteiger partial charge in [-0.2, -0.15) is 0 Å². The molecular weight excluding hydrogens is 338 g/mol. The highest BCUT2D eigenvalue weighted by molar-refractivity contribution is 14.1. The van der Waals surface area contributed by atoms with E-state index in [4.69, 9.17) is 5.73 Å². The average molecular weight is 352 g/mol. The second kappa shape index (κ2) is 5.72. The molecule has 0 radical (unpaired) electrons. The van der Waals surface area contributed by atoms with Crippen LogP contribution < -0.4 is 5.73 Å². The first-order valence-corrected chi connectivity index (χ1v) is 6.35. The van der Waals surface area contributed by atoms with Crippen LogP contribution in [0.2, 0.25) is 0 Å². The third-order valence-electron chi connectivity index (χ3n) is 2.87. The molecule has 1 rings (SSSR count). The summed E-state index contributed by atoms with van der Waals surface area (Å²) in [5.41, 5.74) is 6.16. The fourth-order valence-electron chi connectivity index (χ4n) is 1.66. The molecule has 1 aromatic carbocycles. The molecule has 0 aliphatic rings. The summed E-state index contributed by atoms with van der Waals surface area (Å²) in [6.45, 7) is 3.68. The van der Waals surface area contributed by atoms with E-state index in [2.05, 4.69) is 0 Å². The van der Waals surface area contributed by atoms with Gasteiger partial charge in [-0.3, -0.25) is 10.1 Å². The van der Waals surface area contributed by atoms with E-state index < -0.39 is 10.7 Å². The number of nitro groups is 1. The monoisotopic (exact) mass is 352 g/mol. The number of nitro benzene ring substituents is 1. The SMILES string of the molecule is CCC(N)C(C)c1cc(F)c(I)cc1[N+](=O)[O-]. The van der Waals surface area contributed by atoms with Crippen molar-refractivity contribution in [1.82, 2.24) is 0 Å². The van der Waals surface area contributed by atoms with Gasteiger partial charge in [-0.1, -0.05) is 13.8 Å². The smallest absolute Gasteiger partial charge is 0.274 e. The third kappa shape index (κ3) is 3.12. The summed E-state index contributed by atoms with van der Waals surface area (Å²) in [5, 5.41) is 10.9. The Morgan fingerprint density at radius 3 is 2.65 bits per heavy atom. The second-order valence-electron chi connectivity index (χ2n) is 3.94. The van der Waals surface area contributed by atoms with Crippen LogP contribution in [0.25, 0.3) is 0 Å². The van der Waals surface area contributed by atoms with Gasteiger partial charge in [0.15, 0.2) is 0 Å². The van der Waals surface area contributed by atoms with E-state index in [-0.39, 0.29) is 21.2 Å². The minimum atomic E-state index is -0.490. The summed E-state index contributed by atoms with van der Waals surface area (Å²) < 4.78 is 13.7. The van der Waals surface area contributed by atoms with Crippen LogP contribution in [-0.2, 0) is 0 Å². The van der Waals surface area contributed by atoms with Crippen LogP contribution in [0.15, 0.2) is 12.1 Å². The van der Waals surface area contributed by atoms with Crippen molar-refractivity contribution in [2.75, 3.05) is 0 Å². The maximum absolute atomic E-state index is 13.5. The topological polar surface area (TPSA) is 69.2 Å². The van der Waals surface area contributed by atoms with Gasteiger partial charge in [0.05, 0.1) is 8.49 Å². The first kappa shape index (κ1) is 14.3. The molecule has 0 spiro atoms. The molecular formula is C11H14FIN2O2. The Hall–Kier alpha value is -0.760. The lowest BCUT2D eigenvalue weighted by Crippen LogP contribution is -2.26. The summed E-state index contributed by atoms with van der Waals surface area (Å²) in [4.78, 5) is 10.4. The number of hydrogen-bond acceptors (Lipinski definition) is 3. The Kier molecular flexibility index (Phi) is 4.81. The van der Waals surface area contributed by atoms with Crippen molar-refractivity contribution in [3.8, 4) is 0 Å². The predicted octanol–water partition coefficient (Wildman–Crippen LogP) is 3.18. The fourth-order valence-corrected chi connectivity index (χ4v) is 2.11. The Bertz CT molecular complexity index is 440. The van der Waals surface area contributed by atoms with Crippen molar-refractivity contribution in [1.29, 1.82) is 0 Å². The maximum Gasteiger partial charge on any atom is 0.274 e. The zero-order valence-electron chi connectivity index (χ0n) is 9.61. The molecule has 2 N–H and O–H groups in total. The van der Waals surface area contributed by atoms with Gasteiger partial charge < -0.3 is 5.73 Å². The van der Waals surface area contributed by atoms with Gasteiger partial charge in [0.25, 0.3) is 5.69 Å². The van der Waals surface area contributed by atoms with E-state index in [1.807, 2.05) is 6.92 Å². The molecule has 0 aliphatic carbocycles. The lowest BCUT2D eigenvalue weighted by atomic mass is 9.91. The number of halogens is 2. The Morgan fingerprint density at radius 2 is 2.18 bits per heavy atom. The molecule has 17 heavy (non-hydrogen) atoms. The van der Waals surface area contributed by atoms with Gasteiger partial charge in [-0.15, -0.1) is 0 Å². The molecule has 0 heterocycles. The van der Waals surface area contributed by atoms with E-state index >= 15 is 0 Å². The molecule has 1 aromatic rings. The molecule has 2 atom stereocenters. The largest absolute Gasteiger partial charge is 0.327 e. The lowest BCUT2D eigenvalue weighted by molar-refractivity contribution is -0.385. The van der Waals surface area contributed by atoms with Crippen LogP contribution >= 0.6 is 22.6 Å². The van der Waals surface area contributed by atoms with E-state index in [0.29, 0.717) is 12.0 Å². The third-order valence-corrected chi connectivity index (χ3v) is 3.70. The van der Waals surface area contributed by atoms with Gasteiger partial charge >= 0.3 is 0 Å². The van der Waals surface area contributed by atoms with E-state index in [0.717, 1.165) is 0 Å². The van der Waals surface area contributed by atoms with Crippen molar-refractivity contribution in [2.24, 2.45) is 5.73 Å². The summed E-state index contributed by atoms with van der Waals surface area (Å²) in [6, 6.07) is 2.26. The highest BCUT2D eigenvalue weighted by Gasteiger charge is 2.24. The van der Waals surface area contributed by atoms with Crippen LogP contribution in [0.4, 0.5) is 10.1 Å². The lowest BCUT2D eigenvalue weighted by Gasteiger charge is -2.18. The van der Waals surface area contributed by atoms with Gasteiger partial charge in [0, 0.05) is 23.6 Å². The Morgan fingerprint density at radius 1 is 1.59 bits per heavy atom. The first-order valence-electron chi connectivity index (χ1n) is 5.27. The Labute approximate surface area is 113 Å². The van der Waals surface area contributed by atoms with E-state index in [9.17, 15) is 14.5 Å². The first-order chi connectivity index (χ1) is 7.88. The maximum atomic E-state index is 13.5. The van der Waals surface area contributed by atoms with E-state index in [1.54, 1.807) is 29.5 Å². The molecule has 0 saturated carbocycles. The molecule has 0 bridgehead atoms. The van der Waals surface area contributed by atoms with Crippen molar-refractivity contribution < 1.29 is 9.31 Å². The molecule has 0 aliphatic heterocycles. The normalized spacial score (nSPS) is 14.4. The number of benzene rings is 1. The standard InChI is InChI=1S/C11H14FIN2O2/c1-3-10(14)6(2)7-4-8(12)9(13)5-11(7)15(16)17/h4-6,10H,3,14H2,1-2H3. The molecule has 94 valence electrons. The van der Waals surface area contributed by atoms with Crippen molar-refractivity contribution >= 4 is 28.3 Å². The minimum absolute atomic E-state index is 0.0628. The van der Waals surface area contributed by atoms with Crippen LogP contribution in [0.3, 0.4) is 0 Å². The Balaban J connectivity index is 3.30. The highest BCUT2D eigenvalue weighted by Crippen LogP contribution is 2.31. The predicted molar refractivity (Wildman–Crippen MR) is 72.5 cm³/mol. The van der Waals surface area contributed by atoms with E-state index in [1.165, 1.54) is 12.1 Å². The van der Waals surface area contributed by atoms with Crippen molar-refractivity contribution in [3.05, 3.63) is 37.2 Å². The zero-order chi connectivity index (χ0) is 13.2. The number of hydrogen-bond donors (Lipinski definition) is 1. The van der Waals surface area contributed by atoms with Crippen LogP contribution in [0.1, 0.15) is 31.7 Å². The van der Waals surface area contributed by atoms with Crippen molar-refractivity contribution in [2.45, 2.75) is 32.2 Å². The highest BCUT2D eigenvalue weighted by atomic mass is 127. The van der Waals surface area contributed by atoms with Gasteiger partial charge in [0.2, 0.25) is 0 Å². The van der Waals surface area contributed by atoms with Gasteiger partial charge in [-0.05, 0) is 35.1 Å². The fraction of sp³-hybridized carbons (Fsp3) is 0.455. The molecule has 0 aromatic heterocycles. The molecule has 0 saturated heterocycles. The minimum Gasteiger partial charge on any atom is -0.327 e. The summed E-state index contributed by atoms with van der Waals surface area (Å²) in [7, 11) is 0. The van der Waals surface area contributed by atoms with Crippen molar-refractivity contribution in [3.63, 3.8) is 0 Å². The number of nitrogens with zero attached hydrogens (tertiary/aromatic N) is 1. The summed E-state index contributed by atoms with van der Waals surface area (Å²) in [6.07, 6.45) is 0.686. The quantitative estimate of drug-likeness (QED) is 0.514. The molecule has 0 amide bonds. The van der Waals surface area contributed by atoms with Gasteiger partial charge in [0.1, 0.15) is 5.82 Å². The average Bonchev–Trinajstić information content (AvgIpc) is 2.29. The van der Waals surface area contributed by atoms with Crippen LogP contribution in [0.5, 0.6) is 0 Å². The molecule has 4 nitrogen and oxygen atoms in total. The van der Waals surface area contributed by atoms with Crippen LogP contribution in [0, 0.1) is 19.5 Å². The van der Waals surface area contributed by atoms with Crippen LogP contribution in [-0.4, -0.2) is 11.0 Å². The number of rotatable bonds is 4. The van der Waals surface area contributed by atoms with Gasteiger partial charge in [-0.25, -0.2) is 4.39 Å². The number of nitrogens with two attached hydrogens (primary N) is 1. The molecule has 0 fully saturated rings. The summed E-state index contributed by atoms with van der Waals surface area (Å²) in [5.74, 6) is -0.687.